The van der Waals surface area contributed by atoms with Crippen LogP contribution in [-0.2, 0) is 9.53 Å². The van der Waals surface area contributed by atoms with E-state index in [1.807, 2.05) is 39.0 Å². The zero-order valence-corrected chi connectivity index (χ0v) is 18.1. The van der Waals surface area contributed by atoms with Crippen LogP contribution in [0.1, 0.15) is 55.9 Å². The average Bonchev–Trinajstić information content (AvgIpc) is 2.59. The normalized spacial score (nSPS) is 13.0. The first-order valence-corrected chi connectivity index (χ1v) is 9.78. The molecule has 0 saturated carbocycles. The lowest BCUT2D eigenvalue weighted by Gasteiger charge is -2.10. The van der Waals surface area contributed by atoms with Gasteiger partial charge in [0.25, 0.3) is 0 Å². The van der Waals surface area contributed by atoms with Crippen LogP contribution in [0, 0.1) is 20.8 Å². The van der Waals surface area contributed by atoms with Crippen LogP contribution in [0.4, 0.5) is 0 Å². The topological polar surface area (TPSA) is 26.3 Å². The van der Waals surface area contributed by atoms with Gasteiger partial charge < -0.3 is 4.74 Å². The van der Waals surface area contributed by atoms with Crippen LogP contribution in [-0.4, -0.2) is 12.6 Å². The lowest BCUT2D eigenvalue weighted by molar-refractivity contribution is -0.137. The number of carbonyl (C=O) groups is 1. The lowest BCUT2D eigenvalue weighted by atomic mass is 9.98. The number of aryl methyl sites for hydroxylation is 2. The maximum absolute atomic E-state index is 11.6. The maximum atomic E-state index is 11.6. The number of halogens is 1. The summed E-state index contributed by atoms with van der Waals surface area (Å²) >= 11 is 6.37. The van der Waals surface area contributed by atoms with Gasteiger partial charge in [0, 0.05) is 11.1 Å². The highest BCUT2D eigenvalue weighted by molar-refractivity contribution is 6.32. The molecule has 0 saturated heterocycles. The highest BCUT2D eigenvalue weighted by atomic mass is 35.5. The first-order valence-electron chi connectivity index (χ1n) is 9.40. The van der Waals surface area contributed by atoms with Crippen LogP contribution in [0.3, 0.4) is 0 Å². The van der Waals surface area contributed by atoms with Gasteiger partial charge in [-0.15, -0.1) is 0 Å². The molecule has 0 aliphatic rings. The van der Waals surface area contributed by atoms with Crippen molar-refractivity contribution in [2.45, 2.75) is 54.4 Å². The molecule has 0 atom stereocenters. The predicted octanol–water partition coefficient (Wildman–Crippen LogP) is 7.07. The van der Waals surface area contributed by atoms with Crippen molar-refractivity contribution in [3.63, 3.8) is 0 Å². The third kappa shape index (κ3) is 8.01. The highest BCUT2D eigenvalue weighted by Gasteiger charge is 2.06. The van der Waals surface area contributed by atoms with Gasteiger partial charge in [0.15, 0.2) is 0 Å². The van der Waals surface area contributed by atoms with Gasteiger partial charge in [-0.05, 0) is 68.9 Å². The Kier molecular flexibility index (Phi) is 9.88. The molecule has 0 radical (unpaired) electrons. The minimum Gasteiger partial charge on any atom is -0.463 e. The molecule has 0 aliphatic heterocycles. The molecular weight excluding hydrogens is 356 g/mol. The fourth-order valence-corrected chi connectivity index (χ4v) is 2.80. The Balaban J connectivity index is 2.75. The van der Waals surface area contributed by atoms with E-state index in [1.165, 1.54) is 11.6 Å². The van der Waals surface area contributed by atoms with Crippen LogP contribution in [0.2, 0.25) is 5.02 Å². The van der Waals surface area contributed by atoms with E-state index in [0.717, 1.165) is 45.7 Å². The quantitative estimate of drug-likeness (QED) is 0.206. The zero-order valence-electron chi connectivity index (χ0n) is 17.4. The molecule has 146 valence electrons. The molecule has 0 heterocycles. The van der Waals surface area contributed by atoms with Crippen molar-refractivity contribution in [2.24, 2.45) is 0 Å². The fourth-order valence-electron chi connectivity index (χ4n) is 2.65. The smallest absolute Gasteiger partial charge is 0.331 e. The molecule has 0 aliphatic carbocycles. The molecule has 0 bridgehead atoms. The van der Waals surface area contributed by atoms with Crippen molar-refractivity contribution >= 4 is 23.6 Å². The molecule has 0 spiro atoms. The summed E-state index contributed by atoms with van der Waals surface area (Å²) in [5.74, 6) is -0.284. The van der Waals surface area contributed by atoms with E-state index >= 15 is 0 Å². The minimum absolute atomic E-state index is 0.284. The molecule has 3 heteroatoms. The summed E-state index contributed by atoms with van der Waals surface area (Å²) in [5.41, 5.74) is 6.56. The summed E-state index contributed by atoms with van der Waals surface area (Å²) in [6, 6.07) is 2.11. The highest BCUT2D eigenvalue weighted by Crippen LogP contribution is 2.27. The summed E-state index contributed by atoms with van der Waals surface area (Å²) < 4.78 is 5.12. The van der Waals surface area contributed by atoms with Crippen LogP contribution < -0.4 is 0 Å². The van der Waals surface area contributed by atoms with Crippen LogP contribution >= 0.6 is 11.6 Å². The van der Waals surface area contributed by atoms with Gasteiger partial charge in [0.1, 0.15) is 0 Å². The van der Waals surface area contributed by atoms with Crippen molar-refractivity contribution in [3.8, 4) is 0 Å². The monoisotopic (exact) mass is 386 g/mol. The van der Waals surface area contributed by atoms with E-state index in [0.29, 0.717) is 6.61 Å². The Morgan fingerprint density at radius 1 is 1.11 bits per heavy atom. The Morgan fingerprint density at radius 3 is 2.48 bits per heavy atom. The van der Waals surface area contributed by atoms with Crippen LogP contribution in [0.5, 0.6) is 0 Å². The second kappa shape index (κ2) is 11.6. The molecule has 0 aromatic heterocycles. The zero-order chi connectivity index (χ0) is 20.4. The molecular formula is C24H31ClO2. The molecule has 1 rings (SSSR count). The Hall–Kier alpha value is -2.06. The molecule has 1 aromatic rings. The van der Waals surface area contributed by atoms with Gasteiger partial charge in [-0.1, -0.05) is 67.0 Å². The molecule has 0 N–H and O–H groups in total. The third-order valence-electron chi connectivity index (χ3n) is 4.26. The second-order valence-corrected chi connectivity index (χ2v) is 7.25. The predicted molar refractivity (Wildman–Crippen MR) is 117 cm³/mol. The summed E-state index contributed by atoms with van der Waals surface area (Å²) in [5, 5.41) is 0.827. The number of hydrogen-bond acceptors (Lipinski definition) is 2. The van der Waals surface area contributed by atoms with E-state index < -0.39 is 0 Å². The Bertz CT molecular complexity index is 780. The van der Waals surface area contributed by atoms with Gasteiger partial charge in [0.05, 0.1) is 6.61 Å². The maximum Gasteiger partial charge on any atom is 0.331 e. The number of rotatable bonds is 8. The van der Waals surface area contributed by atoms with E-state index in [9.17, 15) is 4.79 Å². The molecule has 27 heavy (non-hydrogen) atoms. The minimum atomic E-state index is -0.284. The molecule has 2 nitrogen and oxygen atoms in total. The number of unbranched alkanes of at least 4 members (excludes halogenated alkanes) is 1. The number of hydrogen-bond donors (Lipinski definition) is 0. The summed E-state index contributed by atoms with van der Waals surface area (Å²) in [6.07, 6.45) is 13.5. The van der Waals surface area contributed by atoms with Gasteiger partial charge in [0.2, 0.25) is 0 Å². The summed E-state index contributed by atoms with van der Waals surface area (Å²) in [6.45, 7) is 12.7. The van der Waals surface area contributed by atoms with Crippen molar-refractivity contribution in [1.82, 2.24) is 0 Å². The number of carbonyl (C=O) groups excluding carboxylic acids is 1. The van der Waals surface area contributed by atoms with Crippen molar-refractivity contribution in [1.29, 1.82) is 0 Å². The van der Waals surface area contributed by atoms with Crippen LogP contribution in [0.25, 0.3) is 6.08 Å². The third-order valence-corrected chi connectivity index (χ3v) is 4.84. The van der Waals surface area contributed by atoms with E-state index in [1.54, 1.807) is 0 Å². The number of esters is 1. The molecule has 1 aromatic carbocycles. The fraction of sp³-hybridized carbons (Fsp3) is 0.375. The SMILES string of the molecule is CCCCOC(=O)C=C(C)C=CC=C(C)C=Cc1c(C)cc(C)c(Cl)c1C. The van der Waals surface area contributed by atoms with E-state index in [4.69, 9.17) is 16.3 Å². The van der Waals surface area contributed by atoms with Crippen molar-refractivity contribution < 1.29 is 9.53 Å². The van der Waals surface area contributed by atoms with Gasteiger partial charge in [-0.25, -0.2) is 4.79 Å². The standard InChI is InChI=1S/C24H31ClO2/c1-7-8-14-27-23(26)15-18(3)11-9-10-17(2)12-13-22-19(4)16-20(5)24(25)21(22)6/h9-13,15-16H,7-8,14H2,1-6H3. The molecule has 0 amide bonds. The first-order chi connectivity index (χ1) is 12.8. The second-order valence-electron chi connectivity index (χ2n) is 6.88. The lowest BCUT2D eigenvalue weighted by Crippen LogP contribution is -2.02. The van der Waals surface area contributed by atoms with E-state index in [-0.39, 0.29) is 5.97 Å². The number of allylic oxidation sites excluding steroid dienone is 6. The van der Waals surface area contributed by atoms with Crippen molar-refractivity contribution in [3.05, 3.63) is 74.9 Å². The number of benzene rings is 1. The van der Waals surface area contributed by atoms with Crippen molar-refractivity contribution in [2.75, 3.05) is 6.61 Å². The van der Waals surface area contributed by atoms with E-state index in [2.05, 4.69) is 39.0 Å². The summed E-state index contributed by atoms with van der Waals surface area (Å²) in [4.78, 5) is 11.6. The largest absolute Gasteiger partial charge is 0.463 e. The average molecular weight is 387 g/mol. The van der Waals surface area contributed by atoms with Gasteiger partial charge >= 0.3 is 5.97 Å². The summed E-state index contributed by atoms with van der Waals surface area (Å²) in [7, 11) is 0. The Morgan fingerprint density at radius 2 is 1.81 bits per heavy atom. The molecule has 0 fully saturated rings. The van der Waals surface area contributed by atoms with Gasteiger partial charge in [-0.3, -0.25) is 0 Å². The van der Waals surface area contributed by atoms with Gasteiger partial charge in [-0.2, -0.15) is 0 Å². The number of ether oxygens (including phenoxy) is 1. The molecule has 0 unspecified atom stereocenters. The Labute approximate surface area is 169 Å². The van der Waals surface area contributed by atoms with Crippen LogP contribution in [0.15, 0.2) is 47.6 Å². The first kappa shape index (κ1) is 23.0.